The molecular formula is C21H18N2O6. The van der Waals surface area contributed by atoms with E-state index >= 15 is 0 Å². The number of nitrogens with zero attached hydrogens (tertiary/aromatic N) is 1. The van der Waals surface area contributed by atoms with Gasteiger partial charge in [-0.3, -0.25) is 14.9 Å². The summed E-state index contributed by atoms with van der Waals surface area (Å²) in [5, 5.41) is 15.0. The zero-order valence-electron chi connectivity index (χ0n) is 15.7. The van der Waals surface area contributed by atoms with E-state index in [1.165, 1.54) is 38.3 Å². The number of hydrogen-bond donors (Lipinski definition) is 1. The normalized spacial score (nSPS) is 11.5. The average molecular weight is 394 g/mol. The highest BCUT2D eigenvalue weighted by Crippen LogP contribution is 2.27. The number of methoxy groups -OCH3 is 1. The molecule has 0 saturated carbocycles. The molecule has 148 valence electrons. The standard InChI is InChI=1S/C21H18N2O6/c1-13(20(24)22-16-7-9-17(10-8-16)23(26)27)29-21(25)18-11-14-5-3-4-6-15(14)12-19(18)28-2/h3-13H,1-2H3,(H,22,24). The summed E-state index contributed by atoms with van der Waals surface area (Å²) in [7, 11) is 1.45. The number of carbonyl (C=O) groups is 2. The first-order valence-electron chi connectivity index (χ1n) is 8.72. The van der Waals surface area contributed by atoms with Crippen molar-refractivity contribution in [3.05, 3.63) is 76.3 Å². The van der Waals surface area contributed by atoms with Crippen LogP contribution in [0.5, 0.6) is 5.75 Å². The quantitative estimate of drug-likeness (QED) is 0.385. The van der Waals surface area contributed by atoms with Crippen LogP contribution in [0.25, 0.3) is 10.8 Å². The molecule has 29 heavy (non-hydrogen) atoms. The van der Waals surface area contributed by atoms with Crippen LogP contribution in [0.15, 0.2) is 60.7 Å². The predicted octanol–water partition coefficient (Wildman–Crippen LogP) is 3.94. The number of ether oxygens (including phenoxy) is 2. The maximum atomic E-state index is 12.6. The first kappa shape index (κ1) is 19.8. The Kier molecular flexibility index (Phi) is 5.73. The number of nitro groups is 1. The molecule has 1 amide bonds. The number of non-ortho nitro benzene ring substituents is 1. The van der Waals surface area contributed by atoms with Crippen LogP contribution in [0.3, 0.4) is 0 Å². The lowest BCUT2D eigenvalue weighted by Crippen LogP contribution is -2.30. The highest BCUT2D eigenvalue weighted by molar-refractivity contribution is 6.01. The third-order valence-corrected chi connectivity index (χ3v) is 4.29. The van der Waals surface area contributed by atoms with E-state index in [2.05, 4.69) is 5.32 Å². The summed E-state index contributed by atoms with van der Waals surface area (Å²) in [5.74, 6) is -0.914. The average Bonchev–Trinajstić information content (AvgIpc) is 2.72. The highest BCUT2D eigenvalue weighted by Gasteiger charge is 2.22. The van der Waals surface area contributed by atoms with Crippen LogP contribution < -0.4 is 10.1 Å². The lowest BCUT2D eigenvalue weighted by Gasteiger charge is -2.15. The van der Waals surface area contributed by atoms with Crippen LogP contribution in [0, 0.1) is 10.1 Å². The van der Waals surface area contributed by atoms with Gasteiger partial charge in [0.05, 0.1) is 12.0 Å². The Hall–Kier alpha value is -3.94. The van der Waals surface area contributed by atoms with Gasteiger partial charge < -0.3 is 14.8 Å². The van der Waals surface area contributed by atoms with E-state index in [0.29, 0.717) is 11.4 Å². The van der Waals surface area contributed by atoms with E-state index in [1.807, 2.05) is 24.3 Å². The van der Waals surface area contributed by atoms with E-state index in [4.69, 9.17) is 9.47 Å². The van der Waals surface area contributed by atoms with Crippen molar-refractivity contribution < 1.29 is 24.0 Å². The maximum absolute atomic E-state index is 12.6. The van der Waals surface area contributed by atoms with Gasteiger partial charge in [-0.05, 0) is 42.0 Å². The fourth-order valence-electron chi connectivity index (χ4n) is 2.74. The summed E-state index contributed by atoms with van der Waals surface area (Å²) < 4.78 is 10.6. The molecule has 1 unspecified atom stereocenters. The minimum Gasteiger partial charge on any atom is -0.496 e. The van der Waals surface area contributed by atoms with Crippen LogP contribution in [0.1, 0.15) is 17.3 Å². The van der Waals surface area contributed by atoms with Crippen molar-refractivity contribution in [2.24, 2.45) is 0 Å². The summed E-state index contributed by atoms with van der Waals surface area (Å²) in [5.41, 5.74) is 0.471. The van der Waals surface area contributed by atoms with Gasteiger partial charge in [0.15, 0.2) is 6.10 Å². The predicted molar refractivity (Wildman–Crippen MR) is 107 cm³/mol. The minimum absolute atomic E-state index is 0.0918. The minimum atomic E-state index is -1.09. The van der Waals surface area contributed by atoms with Crippen molar-refractivity contribution in [2.45, 2.75) is 13.0 Å². The van der Waals surface area contributed by atoms with E-state index in [9.17, 15) is 19.7 Å². The second-order valence-electron chi connectivity index (χ2n) is 6.24. The maximum Gasteiger partial charge on any atom is 0.342 e. The fraction of sp³-hybridized carbons (Fsp3) is 0.143. The number of esters is 1. The van der Waals surface area contributed by atoms with Gasteiger partial charge in [-0.2, -0.15) is 0 Å². The fourth-order valence-corrected chi connectivity index (χ4v) is 2.74. The number of benzene rings is 3. The van der Waals surface area contributed by atoms with Gasteiger partial charge in [0.2, 0.25) is 0 Å². The summed E-state index contributed by atoms with van der Waals surface area (Å²) in [6.07, 6.45) is -1.09. The molecule has 0 heterocycles. The number of nitrogens with one attached hydrogen (secondary N) is 1. The number of fused-ring (bicyclic) bond motifs is 1. The van der Waals surface area contributed by atoms with Gasteiger partial charge in [0, 0.05) is 17.8 Å². The molecular weight excluding hydrogens is 376 g/mol. The van der Waals surface area contributed by atoms with Crippen LogP contribution in [0.4, 0.5) is 11.4 Å². The lowest BCUT2D eigenvalue weighted by atomic mass is 10.1. The van der Waals surface area contributed by atoms with Gasteiger partial charge in [0.1, 0.15) is 11.3 Å². The van der Waals surface area contributed by atoms with Crippen molar-refractivity contribution in [1.82, 2.24) is 0 Å². The van der Waals surface area contributed by atoms with Crippen LogP contribution in [-0.4, -0.2) is 30.0 Å². The SMILES string of the molecule is COc1cc2ccccc2cc1C(=O)OC(C)C(=O)Nc1ccc([N+](=O)[O-])cc1. The zero-order chi connectivity index (χ0) is 21.0. The van der Waals surface area contributed by atoms with E-state index in [-0.39, 0.29) is 11.3 Å². The molecule has 0 aliphatic carbocycles. The first-order valence-corrected chi connectivity index (χ1v) is 8.72. The molecule has 0 radical (unpaired) electrons. The van der Waals surface area contributed by atoms with Gasteiger partial charge in [-0.1, -0.05) is 24.3 Å². The van der Waals surface area contributed by atoms with Crippen molar-refractivity contribution in [1.29, 1.82) is 0 Å². The van der Waals surface area contributed by atoms with Gasteiger partial charge in [0.25, 0.3) is 11.6 Å². The van der Waals surface area contributed by atoms with Crippen LogP contribution >= 0.6 is 0 Å². The largest absolute Gasteiger partial charge is 0.496 e. The lowest BCUT2D eigenvalue weighted by molar-refractivity contribution is -0.384. The molecule has 3 aromatic rings. The van der Waals surface area contributed by atoms with Crippen molar-refractivity contribution in [3.8, 4) is 5.75 Å². The third kappa shape index (κ3) is 4.49. The number of anilines is 1. The van der Waals surface area contributed by atoms with Gasteiger partial charge in [-0.15, -0.1) is 0 Å². The molecule has 0 bridgehead atoms. The smallest absolute Gasteiger partial charge is 0.342 e. The van der Waals surface area contributed by atoms with Gasteiger partial charge >= 0.3 is 5.97 Å². The van der Waals surface area contributed by atoms with Gasteiger partial charge in [-0.25, -0.2) is 4.79 Å². The molecule has 8 nitrogen and oxygen atoms in total. The Morgan fingerprint density at radius 3 is 2.24 bits per heavy atom. The molecule has 1 atom stereocenters. The summed E-state index contributed by atoms with van der Waals surface area (Å²) in [6.45, 7) is 1.44. The van der Waals surface area contributed by atoms with E-state index < -0.39 is 22.9 Å². The zero-order valence-corrected chi connectivity index (χ0v) is 15.7. The Morgan fingerprint density at radius 1 is 1.03 bits per heavy atom. The number of rotatable bonds is 6. The first-order chi connectivity index (χ1) is 13.9. The van der Waals surface area contributed by atoms with E-state index in [0.717, 1.165) is 10.8 Å². The summed E-state index contributed by atoms with van der Waals surface area (Å²) in [6, 6.07) is 16.2. The second-order valence-corrected chi connectivity index (χ2v) is 6.24. The number of amides is 1. The molecule has 0 fully saturated rings. The molecule has 3 rings (SSSR count). The Morgan fingerprint density at radius 2 is 1.66 bits per heavy atom. The second kappa shape index (κ2) is 8.39. The number of hydrogen-bond acceptors (Lipinski definition) is 6. The molecule has 0 saturated heterocycles. The van der Waals surface area contributed by atoms with Crippen LogP contribution in [0.2, 0.25) is 0 Å². The molecule has 3 aromatic carbocycles. The summed E-state index contributed by atoms with van der Waals surface area (Å²) >= 11 is 0. The molecule has 0 aliphatic heterocycles. The molecule has 0 aromatic heterocycles. The third-order valence-electron chi connectivity index (χ3n) is 4.29. The van der Waals surface area contributed by atoms with Crippen molar-refractivity contribution in [2.75, 3.05) is 12.4 Å². The summed E-state index contributed by atoms with van der Waals surface area (Å²) in [4.78, 5) is 35.1. The van der Waals surface area contributed by atoms with Crippen molar-refractivity contribution >= 4 is 34.0 Å². The molecule has 0 spiro atoms. The number of carbonyl (C=O) groups excluding carboxylic acids is 2. The highest BCUT2D eigenvalue weighted by atomic mass is 16.6. The Bertz CT molecular complexity index is 1080. The Labute approximate surface area is 166 Å². The molecule has 1 N–H and O–H groups in total. The molecule has 0 aliphatic rings. The monoisotopic (exact) mass is 394 g/mol. The Balaban J connectivity index is 1.72. The van der Waals surface area contributed by atoms with Crippen molar-refractivity contribution in [3.63, 3.8) is 0 Å². The van der Waals surface area contributed by atoms with Crippen LogP contribution in [-0.2, 0) is 9.53 Å². The number of nitro benzene ring substituents is 1. The topological polar surface area (TPSA) is 108 Å². The molecule has 8 heteroatoms. The van der Waals surface area contributed by atoms with E-state index in [1.54, 1.807) is 12.1 Å².